The van der Waals surface area contributed by atoms with E-state index in [9.17, 15) is 4.79 Å². The minimum Gasteiger partial charge on any atom is -0.302 e. The molecule has 3 aromatic heterocycles. The van der Waals surface area contributed by atoms with Crippen LogP contribution >= 0.6 is 34.9 Å². The van der Waals surface area contributed by atoms with E-state index in [1.54, 1.807) is 11.3 Å². The van der Waals surface area contributed by atoms with E-state index in [1.165, 1.54) is 11.3 Å². The van der Waals surface area contributed by atoms with Gasteiger partial charge in [-0.05, 0) is 37.5 Å². The number of nitrogens with one attached hydrogen (secondary N) is 2. The van der Waals surface area contributed by atoms with Crippen LogP contribution in [0.5, 0.6) is 0 Å². The Hall–Kier alpha value is -1.84. The van der Waals surface area contributed by atoms with Crippen LogP contribution < -0.4 is 5.32 Å². The summed E-state index contributed by atoms with van der Waals surface area (Å²) in [6.45, 7) is 4.39. The van der Waals surface area contributed by atoms with Crippen LogP contribution in [0, 0.1) is 18.6 Å². The van der Waals surface area contributed by atoms with Crippen molar-refractivity contribution in [2.75, 3.05) is 5.32 Å². The third kappa shape index (κ3) is 3.57. The number of hydrogen-bond acceptors (Lipinski definition) is 6. The Morgan fingerprint density at radius 3 is 2.96 bits per heavy atom. The fraction of sp³-hybridized carbons (Fsp3) is 0.286. The number of thiazole rings is 1. The number of anilines is 1. The van der Waals surface area contributed by atoms with Crippen LogP contribution in [0.3, 0.4) is 0 Å². The largest absolute Gasteiger partial charge is 0.302 e. The molecule has 3 aromatic rings. The minimum atomic E-state index is -0.0843. The third-order valence-corrected chi connectivity index (χ3v) is 5.50. The zero-order chi connectivity index (χ0) is 16.4. The molecule has 9 heteroatoms. The first-order valence-corrected chi connectivity index (χ1v) is 9.08. The molecule has 120 valence electrons. The summed E-state index contributed by atoms with van der Waals surface area (Å²) in [5.74, 6) is 0.678. The van der Waals surface area contributed by atoms with E-state index >= 15 is 0 Å². The Kier molecular flexibility index (Phi) is 4.69. The number of aromatic amines is 1. The topological polar surface area (TPSA) is 75.6 Å². The van der Waals surface area contributed by atoms with E-state index in [4.69, 9.17) is 12.2 Å². The van der Waals surface area contributed by atoms with E-state index < -0.39 is 0 Å². The predicted molar refractivity (Wildman–Crippen MR) is 95.6 cm³/mol. The maximum Gasteiger partial charge on any atom is 0.227 e. The van der Waals surface area contributed by atoms with Crippen LogP contribution in [0.4, 0.5) is 5.13 Å². The van der Waals surface area contributed by atoms with Gasteiger partial charge in [0.05, 0.1) is 10.6 Å². The molecule has 0 bridgehead atoms. The number of hydrogen-bond donors (Lipinski definition) is 2. The highest BCUT2D eigenvalue weighted by Crippen LogP contribution is 2.23. The second-order valence-corrected chi connectivity index (χ2v) is 7.48. The molecule has 3 rings (SSSR count). The lowest BCUT2D eigenvalue weighted by molar-refractivity contribution is -0.116. The first-order valence-electron chi connectivity index (χ1n) is 6.97. The molecule has 0 unspecified atom stereocenters. The summed E-state index contributed by atoms with van der Waals surface area (Å²) in [7, 11) is 0. The molecule has 0 atom stereocenters. The van der Waals surface area contributed by atoms with Gasteiger partial charge in [0, 0.05) is 17.8 Å². The van der Waals surface area contributed by atoms with E-state index in [0.717, 1.165) is 21.3 Å². The summed E-state index contributed by atoms with van der Waals surface area (Å²) in [6, 6.07) is 3.94. The molecule has 0 saturated carbocycles. The van der Waals surface area contributed by atoms with Gasteiger partial charge in [-0.1, -0.05) is 6.07 Å². The SMILES string of the molecule is Cc1nc(NC(=O)CCn2c(-c3cccs3)n[nH]c2=S)sc1C. The highest BCUT2D eigenvalue weighted by Gasteiger charge is 2.12. The molecule has 2 N–H and O–H groups in total. The minimum absolute atomic E-state index is 0.0843. The maximum atomic E-state index is 12.1. The van der Waals surface area contributed by atoms with Gasteiger partial charge < -0.3 is 5.32 Å². The molecule has 0 aliphatic rings. The second kappa shape index (κ2) is 6.73. The Morgan fingerprint density at radius 2 is 2.30 bits per heavy atom. The number of carbonyl (C=O) groups is 1. The summed E-state index contributed by atoms with van der Waals surface area (Å²) in [6.07, 6.45) is 0.309. The average molecular weight is 366 g/mol. The highest BCUT2D eigenvalue weighted by molar-refractivity contribution is 7.71. The maximum absolute atomic E-state index is 12.1. The van der Waals surface area contributed by atoms with Crippen molar-refractivity contribution in [1.29, 1.82) is 0 Å². The molecule has 0 spiro atoms. The van der Waals surface area contributed by atoms with Crippen LogP contribution in [-0.2, 0) is 11.3 Å². The van der Waals surface area contributed by atoms with Crippen molar-refractivity contribution in [2.45, 2.75) is 26.8 Å². The van der Waals surface area contributed by atoms with Crippen molar-refractivity contribution in [3.05, 3.63) is 32.9 Å². The van der Waals surface area contributed by atoms with Crippen LogP contribution in [0.15, 0.2) is 17.5 Å². The first-order chi connectivity index (χ1) is 11.0. The molecule has 23 heavy (non-hydrogen) atoms. The number of nitrogens with zero attached hydrogens (tertiary/aromatic N) is 3. The van der Waals surface area contributed by atoms with Crippen molar-refractivity contribution in [1.82, 2.24) is 19.7 Å². The van der Waals surface area contributed by atoms with Crippen molar-refractivity contribution >= 4 is 45.9 Å². The molecule has 0 saturated heterocycles. The van der Waals surface area contributed by atoms with Crippen LogP contribution in [0.25, 0.3) is 10.7 Å². The Bertz CT molecular complexity index is 855. The molecule has 0 aliphatic heterocycles. The molecule has 6 nitrogen and oxygen atoms in total. The lowest BCUT2D eigenvalue weighted by Gasteiger charge is -2.05. The van der Waals surface area contributed by atoms with E-state index in [0.29, 0.717) is 22.9 Å². The molecule has 0 radical (unpaired) electrons. The lowest BCUT2D eigenvalue weighted by Crippen LogP contribution is -2.14. The highest BCUT2D eigenvalue weighted by atomic mass is 32.1. The van der Waals surface area contributed by atoms with Crippen molar-refractivity contribution in [3.63, 3.8) is 0 Å². The van der Waals surface area contributed by atoms with Crippen molar-refractivity contribution < 1.29 is 4.79 Å². The summed E-state index contributed by atoms with van der Waals surface area (Å²) < 4.78 is 2.36. The lowest BCUT2D eigenvalue weighted by atomic mass is 10.3. The fourth-order valence-corrected chi connectivity index (χ4v) is 3.82. The monoisotopic (exact) mass is 365 g/mol. The number of carbonyl (C=O) groups excluding carboxylic acids is 1. The van der Waals surface area contributed by atoms with E-state index in [2.05, 4.69) is 20.5 Å². The normalized spacial score (nSPS) is 10.9. The van der Waals surface area contributed by atoms with Gasteiger partial charge >= 0.3 is 0 Å². The zero-order valence-corrected chi connectivity index (χ0v) is 15.1. The second-order valence-electron chi connectivity index (χ2n) is 4.94. The van der Waals surface area contributed by atoms with Crippen LogP contribution in [0.1, 0.15) is 17.0 Å². The molecule has 3 heterocycles. The van der Waals surface area contributed by atoms with Gasteiger partial charge in [0.25, 0.3) is 0 Å². The zero-order valence-electron chi connectivity index (χ0n) is 12.6. The third-order valence-electron chi connectivity index (χ3n) is 3.34. The van der Waals surface area contributed by atoms with Crippen LogP contribution in [0.2, 0.25) is 0 Å². The number of aromatic nitrogens is 4. The number of thiophene rings is 1. The van der Waals surface area contributed by atoms with Gasteiger partial charge in [0.1, 0.15) is 0 Å². The van der Waals surface area contributed by atoms with E-state index in [-0.39, 0.29) is 5.91 Å². The summed E-state index contributed by atoms with van der Waals surface area (Å²) in [5.41, 5.74) is 0.947. The fourth-order valence-electron chi connectivity index (χ4n) is 2.04. The van der Waals surface area contributed by atoms with Gasteiger partial charge in [0.15, 0.2) is 15.7 Å². The average Bonchev–Trinajstić information content (AvgIpc) is 3.20. The quantitative estimate of drug-likeness (QED) is 0.675. The van der Waals surface area contributed by atoms with Gasteiger partial charge in [-0.2, -0.15) is 5.10 Å². The molecule has 0 aromatic carbocycles. The van der Waals surface area contributed by atoms with Gasteiger partial charge in [-0.25, -0.2) is 4.98 Å². The molecule has 0 aliphatic carbocycles. The van der Waals surface area contributed by atoms with Crippen LogP contribution in [-0.4, -0.2) is 25.7 Å². The van der Waals surface area contributed by atoms with E-state index in [1.807, 2.05) is 35.9 Å². The van der Waals surface area contributed by atoms with Crippen molar-refractivity contribution in [3.8, 4) is 10.7 Å². The Morgan fingerprint density at radius 1 is 1.48 bits per heavy atom. The van der Waals surface area contributed by atoms with Gasteiger partial charge in [0.2, 0.25) is 5.91 Å². The smallest absolute Gasteiger partial charge is 0.227 e. The number of aryl methyl sites for hydroxylation is 2. The summed E-state index contributed by atoms with van der Waals surface area (Å²) in [4.78, 5) is 18.6. The Labute approximate surface area is 146 Å². The molecule has 0 fully saturated rings. The van der Waals surface area contributed by atoms with Crippen molar-refractivity contribution in [2.24, 2.45) is 0 Å². The number of amides is 1. The first kappa shape index (κ1) is 16.0. The Balaban J connectivity index is 1.68. The number of rotatable bonds is 5. The summed E-state index contributed by atoms with van der Waals surface area (Å²) in [5, 5.41) is 12.5. The molecule has 1 amide bonds. The number of H-pyrrole nitrogens is 1. The standard InChI is InChI=1S/C14H15N5OS3/c1-8-9(2)23-13(15-8)16-11(20)5-6-19-12(17-18-14(19)21)10-4-3-7-22-10/h3-4,7H,5-6H2,1-2H3,(H,18,21)(H,15,16,20). The predicted octanol–water partition coefficient (Wildman–Crippen LogP) is 3.77. The van der Waals surface area contributed by atoms with Gasteiger partial charge in [-0.15, -0.1) is 22.7 Å². The molecular formula is C14H15N5OS3. The van der Waals surface area contributed by atoms with Gasteiger partial charge in [-0.3, -0.25) is 14.5 Å². The summed E-state index contributed by atoms with van der Waals surface area (Å²) >= 11 is 8.33. The molecular weight excluding hydrogens is 350 g/mol.